The summed E-state index contributed by atoms with van der Waals surface area (Å²) in [4.78, 5) is 1.38. The molecule has 3 aliphatic rings. The number of hydrogen-bond acceptors (Lipinski definition) is 19. The molecule has 1 aliphatic carbocycles. The number of benzene rings is 2. The average Bonchev–Trinajstić information content (AvgIpc) is 3.51. The van der Waals surface area contributed by atoms with Crippen LogP contribution in [0.3, 0.4) is 0 Å². The first-order valence-corrected chi connectivity index (χ1v) is 28.0. The van der Waals surface area contributed by atoms with Crippen molar-refractivity contribution in [1.29, 1.82) is 0 Å². The van der Waals surface area contributed by atoms with Crippen LogP contribution in [0.15, 0.2) is 69.6 Å². The van der Waals surface area contributed by atoms with Crippen molar-refractivity contribution in [2.45, 2.75) is 62.7 Å². The molecule has 0 aromatic heterocycles. The van der Waals surface area contributed by atoms with Gasteiger partial charge in [-0.1, -0.05) is 26.8 Å². The maximum Gasteiger partial charge on any atom is 1.00 e. The standard InChI is InChI=1S/C48H72N2O18S3.2Na/c1-47(2,3)42-36-39(68-45-35-38(11-13-41(42)45)49(16-7-33-69(52,53)54)18-21-63-26-29-67-32-31-65-24-23-61-5)9-6-10-46-48(4,15-20-62-25-28-66-30-27-64-22-19-51)43-37-40(71(58,59)60)12-14-44(43)50(46)17-8-34-70(55,56)57;;/h6,9-14,35-37,51H,7-8,15-34H2,1-5H3,(H2-,52,53,54,55,56,57,58,59,60);;/q;2*+1/p-2. The van der Waals surface area contributed by atoms with Gasteiger partial charge in [-0.05, 0) is 78.8 Å². The van der Waals surface area contributed by atoms with E-state index in [2.05, 4.69) is 20.8 Å². The number of allylic oxidation sites excluding steroid dienone is 3. The van der Waals surface area contributed by atoms with Gasteiger partial charge in [0.05, 0.1) is 110 Å². The molecular formula is C48H70N2Na2O18S3. The van der Waals surface area contributed by atoms with Crippen molar-refractivity contribution in [2.75, 3.05) is 136 Å². The van der Waals surface area contributed by atoms with E-state index in [1.807, 2.05) is 40.7 Å². The molecule has 1 unspecified atom stereocenters. The Labute approximate surface area is 475 Å². The van der Waals surface area contributed by atoms with Gasteiger partial charge in [-0.2, -0.15) is 0 Å². The van der Waals surface area contributed by atoms with Crippen LogP contribution in [0.25, 0.3) is 17.4 Å². The molecule has 2 heterocycles. The summed E-state index contributed by atoms with van der Waals surface area (Å²) in [6.07, 6.45) is 5.63. The van der Waals surface area contributed by atoms with Crippen LogP contribution in [-0.4, -0.2) is 175 Å². The third-order valence-corrected chi connectivity index (χ3v) is 13.9. The fourth-order valence-electron chi connectivity index (χ4n) is 7.96. The Balaban J connectivity index is 0.00000913. The minimum absolute atomic E-state index is 0. The van der Waals surface area contributed by atoms with E-state index in [0.717, 1.165) is 11.1 Å². The van der Waals surface area contributed by atoms with Gasteiger partial charge in [0.25, 0.3) is 0 Å². The van der Waals surface area contributed by atoms with Crippen molar-refractivity contribution in [3.63, 3.8) is 0 Å². The van der Waals surface area contributed by atoms with E-state index in [1.54, 1.807) is 25.3 Å². The minimum Gasteiger partial charge on any atom is -0.748 e. The van der Waals surface area contributed by atoms with E-state index < -0.39 is 52.2 Å². The smallest absolute Gasteiger partial charge is 0.748 e. The summed E-state index contributed by atoms with van der Waals surface area (Å²) in [7, 11) is -12.3. The fourth-order valence-corrected chi connectivity index (χ4v) is 9.42. The van der Waals surface area contributed by atoms with Crippen molar-refractivity contribution in [1.82, 2.24) is 4.58 Å². The monoisotopic (exact) mass is 1100 g/mol. The van der Waals surface area contributed by atoms with Crippen LogP contribution in [-0.2, 0) is 74.3 Å². The second kappa shape index (κ2) is 32.9. The predicted molar refractivity (Wildman–Crippen MR) is 262 cm³/mol. The first-order chi connectivity index (χ1) is 33.6. The number of rotatable bonds is 34. The van der Waals surface area contributed by atoms with Gasteiger partial charge in [-0.15, -0.1) is 0 Å². The van der Waals surface area contributed by atoms with Crippen molar-refractivity contribution < 1.29 is 141 Å². The summed E-state index contributed by atoms with van der Waals surface area (Å²) < 4.78 is 154. The number of hydrogen-bond donors (Lipinski definition) is 1. The molecule has 1 aromatic rings. The van der Waals surface area contributed by atoms with Gasteiger partial charge in [0, 0.05) is 66.6 Å². The van der Waals surface area contributed by atoms with E-state index in [9.17, 15) is 38.9 Å². The van der Waals surface area contributed by atoms with Crippen LogP contribution in [0.2, 0.25) is 0 Å². The molecular weight excluding hydrogens is 1030 g/mol. The molecule has 73 heavy (non-hydrogen) atoms. The second-order valence-electron chi connectivity index (χ2n) is 17.9. The molecule has 400 valence electrons. The van der Waals surface area contributed by atoms with Crippen molar-refractivity contribution in [3.05, 3.63) is 82.6 Å². The number of methoxy groups -OCH3 is 1. The first-order valence-electron chi connectivity index (χ1n) is 23.4. The molecule has 2 aliphatic heterocycles. The SMILES string of the molecule is COCCOCCOCCOCC[N+](CCCS(=O)(=O)[O-])=c1ccc2c(C(C)(C)C)cc(/C=C/C=C3/N(CCCS(=O)(=O)[O-])c4ccc(S(=O)(=O)[O-])cc4C3(C)CCOCCOCCOCCO)oc-2c1.[Na+].[Na+]. The van der Waals surface area contributed by atoms with E-state index in [4.69, 9.17) is 42.7 Å². The van der Waals surface area contributed by atoms with E-state index in [-0.39, 0.29) is 137 Å². The van der Waals surface area contributed by atoms with Gasteiger partial charge in [-0.25, -0.2) is 29.8 Å². The van der Waals surface area contributed by atoms with Gasteiger partial charge < -0.3 is 61.2 Å². The van der Waals surface area contributed by atoms with Crippen molar-refractivity contribution >= 4 is 42.1 Å². The summed E-state index contributed by atoms with van der Waals surface area (Å²) in [6.45, 7) is 12.8. The molecule has 0 spiro atoms. The van der Waals surface area contributed by atoms with Crippen LogP contribution < -0.4 is 73.9 Å². The molecule has 4 rings (SSSR count). The molecule has 1 N–H and O–H groups in total. The molecule has 0 saturated carbocycles. The van der Waals surface area contributed by atoms with Gasteiger partial charge in [0.15, 0.2) is 6.54 Å². The Kier molecular flexibility index (Phi) is 30.4. The maximum absolute atomic E-state index is 12.3. The molecule has 25 heteroatoms. The number of fused-ring (bicyclic) bond motifs is 2. The summed E-state index contributed by atoms with van der Waals surface area (Å²) in [5.74, 6) is -0.199. The molecule has 1 aromatic carbocycles. The van der Waals surface area contributed by atoms with Crippen LogP contribution in [0.1, 0.15) is 63.8 Å². The van der Waals surface area contributed by atoms with Crippen LogP contribution in [0.5, 0.6) is 0 Å². The number of nitrogens with zero attached hydrogens (tertiary/aromatic N) is 2. The average molecular weight is 1110 g/mol. The molecule has 0 fully saturated rings. The van der Waals surface area contributed by atoms with Gasteiger partial charge in [0.2, 0.25) is 5.36 Å². The predicted octanol–water partition coefficient (Wildman–Crippen LogP) is -2.96. The van der Waals surface area contributed by atoms with Crippen LogP contribution in [0, 0.1) is 0 Å². The number of aliphatic hydroxyl groups excluding tert-OH is 1. The minimum atomic E-state index is -4.87. The fraction of sp³-hybridized carbons (Fsp3) is 0.604. The third kappa shape index (κ3) is 23.5. The van der Waals surface area contributed by atoms with Gasteiger partial charge in [0.1, 0.15) is 34.8 Å². The number of aliphatic hydroxyl groups is 1. The van der Waals surface area contributed by atoms with E-state index in [0.29, 0.717) is 93.2 Å². The molecule has 0 radical (unpaired) electrons. The van der Waals surface area contributed by atoms with Crippen molar-refractivity contribution in [2.24, 2.45) is 0 Å². The molecule has 1 atom stereocenters. The van der Waals surface area contributed by atoms with Gasteiger partial charge >= 0.3 is 59.1 Å². The molecule has 20 nitrogen and oxygen atoms in total. The number of anilines is 1. The third-order valence-electron chi connectivity index (χ3n) is 11.5. The van der Waals surface area contributed by atoms with E-state index >= 15 is 0 Å². The first kappa shape index (κ1) is 67.4. The Morgan fingerprint density at radius 2 is 1.27 bits per heavy atom. The normalized spacial score (nSPS) is 16.3. The molecule has 0 saturated heterocycles. The Morgan fingerprint density at radius 3 is 1.84 bits per heavy atom. The maximum atomic E-state index is 12.3. The molecule has 0 bridgehead atoms. The topological polar surface area (TPSA) is 276 Å². The zero-order chi connectivity index (χ0) is 52.1. The second-order valence-corrected chi connectivity index (χ2v) is 22.3. The van der Waals surface area contributed by atoms with Crippen LogP contribution >= 0.6 is 0 Å². The van der Waals surface area contributed by atoms with Crippen LogP contribution in [0.4, 0.5) is 5.69 Å². The summed E-state index contributed by atoms with van der Waals surface area (Å²) >= 11 is 0. The summed E-state index contributed by atoms with van der Waals surface area (Å²) in [5.41, 5.74) is 2.07. The zero-order valence-electron chi connectivity index (χ0n) is 43.3. The quantitative estimate of drug-likeness (QED) is 0.0271. The zero-order valence-corrected chi connectivity index (χ0v) is 49.8. The Morgan fingerprint density at radius 1 is 0.712 bits per heavy atom. The Hall–Kier alpha value is -1.66. The molecule has 0 amide bonds. The number of ether oxygens (including phenoxy) is 7. The largest absolute Gasteiger partial charge is 1.00 e. The van der Waals surface area contributed by atoms with E-state index in [1.165, 1.54) is 18.2 Å². The van der Waals surface area contributed by atoms with Crippen molar-refractivity contribution in [3.8, 4) is 11.3 Å². The van der Waals surface area contributed by atoms with Gasteiger partial charge in [-0.3, -0.25) is 0 Å². The summed E-state index contributed by atoms with van der Waals surface area (Å²) in [5, 5.41) is 9.59. The summed E-state index contributed by atoms with van der Waals surface area (Å²) in [6, 6.07) is 11.7. The Bertz CT molecular complexity index is 2590.